The maximum absolute atomic E-state index is 12.2. The number of hydrogen-bond donors (Lipinski definition) is 3. The van der Waals surface area contributed by atoms with Gasteiger partial charge in [-0.3, -0.25) is 4.79 Å². The van der Waals surface area contributed by atoms with Gasteiger partial charge < -0.3 is 15.1 Å². The lowest BCUT2D eigenvalue weighted by Gasteiger charge is -2.30. The van der Waals surface area contributed by atoms with E-state index in [0.29, 0.717) is 18.0 Å². The molecule has 0 bridgehead atoms. The maximum atomic E-state index is 12.2. The van der Waals surface area contributed by atoms with Gasteiger partial charge >= 0.3 is 0 Å². The molecule has 1 amide bonds. The van der Waals surface area contributed by atoms with Crippen molar-refractivity contribution < 1.29 is 14.6 Å². The molecule has 158 valence electrons. The Morgan fingerprint density at radius 2 is 1.66 bits per heavy atom. The van der Waals surface area contributed by atoms with Crippen LogP contribution in [-0.2, 0) is 11.5 Å². The molecular formula is C20H33N7OS+2. The summed E-state index contributed by atoms with van der Waals surface area (Å²) in [5.74, 6) is 0.120. The molecule has 1 fully saturated rings. The monoisotopic (exact) mass is 419 g/mol. The zero-order valence-electron chi connectivity index (χ0n) is 18.1. The van der Waals surface area contributed by atoms with Crippen molar-refractivity contribution in [2.45, 2.75) is 46.8 Å². The molecule has 1 aliphatic rings. The zero-order valence-corrected chi connectivity index (χ0v) is 18.9. The highest BCUT2D eigenvalue weighted by molar-refractivity contribution is 7.71. The summed E-state index contributed by atoms with van der Waals surface area (Å²) in [6.07, 6.45) is 0. The predicted molar refractivity (Wildman–Crippen MR) is 114 cm³/mol. The fourth-order valence-corrected chi connectivity index (χ4v) is 4.04. The van der Waals surface area contributed by atoms with Crippen molar-refractivity contribution in [3.8, 4) is 5.69 Å². The molecule has 0 spiro atoms. The van der Waals surface area contributed by atoms with E-state index >= 15 is 0 Å². The van der Waals surface area contributed by atoms with Gasteiger partial charge in [-0.25, -0.2) is 0 Å². The average Bonchev–Trinajstić information content (AvgIpc) is 2.95. The Morgan fingerprint density at radius 3 is 2.24 bits per heavy atom. The SMILES string of the molecule is Cc1cc(C)cc(-n2nnn(C[NH+]3CC[NH+](CC(=O)NC(C)(C)C)CC3)c2=S)c1. The second-order valence-corrected chi connectivity index (χ2v) is 9.52. The van der Waals surface area contributed by atoms with Crippen molar-refractivity contribution in [3.63, 3.8) is 0 Å². The molecule has 29 heavy (non-hydrogen) atoms. The lowest BCUT2D eigenvalue weighted by atomic mass is 10.1. The molecule has 2 aromatic rings. The van der Waals surface area contributed by atoms with E-state index in [2.05, 4.69) is 47.8 Å². The number of nitrogens with one attached hydrogen (secondary N) is 3. The largest absolute Gasteiger partial charge is 0.347 e. The first-order valence-electron chi connectivity index (χ1n) is 10.2. The van der Waals surface area contributed by atoms with Crippen LogP contribution >= 0.6 is 12.2 Å². The number of piperazine rings is 1. The molecule has 1 saturated heterocycles. The standard InChI is InChI=1S/C20H31N7OS/c1-15-10-16(2)12-17(11-15)27-19(29)26(22-23-27)14-25-8-6-24(7-9-25)13-18(28)21-20(3,4)5/h10-12H,6-9,13-14H2,1-5H3,(H,21,28)/p+2. The van der Waals surface area contributed by atoms with Crippen molar-refractivity contribution in [1.82, 2.24) is 25.1 Å². The van der Waals surface area contributed by atoms with Crippen LogP contribution in [0.4, 0.5) is 0 Å². The Labute approximate surface area is 177 Å². The van der Waals surface area contributed by atoms with E-state index in [1.54, 1.807) is 9.36 Å². The Hall–Kier alpha value is -2.10. The van der Waals surface area contributed by atoms with Crippen LogP contribution in [0, 0.1) is 18.6 Å². The van der Waals surface area contributed by atoms with Crippen molar-refractivity contribution in [1.29, 1.82) is 0 Å². The van der Waals surface area contributed by atoms with Crippen LogP contribution < -0.4 is 15.1 Å². The molecule has 0 unspecified atom stereocenters. The van der Waals surface area contributed by atoms with Gasteiger partial charge in [0, 0.05) is 5.54 Å². The highest BCUT2D eigenvalue weighted by atomic mass is 32.1. The second kappa shape index (κ2) is 8.73. The van der Waals surface area contributed by atoms with Crippen LogP contribution in [0.25, 0.3) is 5.69 Å². The van der Waals surface area contributed by atoms with Crippen molar-refractivity contribution in [3.05, 3.63) is 34.1 Å². The first kappa shape index (κ1) is 21.6. The van der Waals surface area contributed by atoms with Crippen LogP contribution in [0.5, 0.6) is 0 Å². The normalized spacial score (nSPS) is 19.9. The molecule has 0 atom stereocenters. The minimum Gasteiger partial charge on any atom is -0.347 e. The lowest BCUT2D eigenvalue weighted by molar-refractivity contribution is -1.02. The highest BCUT2D eigenvalue weighted by Crippen LogP contribution is 2.12. The number of hydrogen-bond acceptors (Lipinski definition) is 4. The van der Waals surface area contributed by atoms with E-state index in [1.807, 2.05) is 20.8 Å². The molecule has 3 N–H and O–H groups in total. The van der Waals surface area contributed by atoms with Gasteiger partial charge in [0.15, 0.2) is 13.2 Å². The summed E-state index contributed by atoms with van der Waals surface area (Å²) in [4.78, 5) is 14.9. The number of carbonyl (C=O) groups excluding carboxylic acids is 1. The Kier molecular flexibility index (Phi) is 6.50. The summed E-state index contributed by atoms with van der Waals surface area (Å²) in [6, 6.07) is 6.27. The van der Waals surface area contributed by atoms with E-state index in [4.69, 9.17) is 12.2 Å². The van der Waals surface area contributed by atoms with E-state index in [-0.39, 0.29) is 11.4 Å². The van der Waals surface area contributed by atoms with Gasteiger partial charge in [0.25, 0.3) is 5.91 Å². The molecule has 8 nitrogen and oxygen atoms in total. The van der Waals surface area contributed by atoms with E-state index in [0.717, 1.165) is 31.9 Å². The van der Waals surface area contributed by atoms with Crippen LogP contribution in [0.3, 0.4) is 0 Å². The molecule has 1 aromatic heterocycles. The average molecular weight is 420 g/mol. The minimum absolute atomic E-state index is 0.120. The fraction of sp³-hybridized carbons (Fsp3) is 0.600. The Balaban J connectivity index is 1.57. The third-order valence-electron chi connectivity index (χ3n) is 5.05. The van der Waals surface area contributed by atoms with Gasteiger partial charge in [0.1, 0.15) is 26.2 Å². The third kappa shape index (κ3) is 5.94. The summed E-state index contributed by atoms with van der Waals surface area (Å²) in [7, 11) is 0. The highest BCUT2D eigenvalue weighted by Gasteiger charge is 2.26. The number of benzene rings is 1. The van der Waals surface area contributed by atoms with Gasteiger partial charge in [-0.05, 0) is 80.5 Å². The summed E-state index contributed by atoms with van der Waals surface area (Å²) in [5.41, 5.74) is 3.13. The molecule has 9 heteroatoms. The molecular weight excluding hydrogens is 386 g/mol. The van der Waals surface area contributed by atoms with Crippen LogP contribution in [0.1, 0.15) is 31.9 Å². The first-order valence-corrected chi connectivity index (χ1v) is 10.6. The molecule has 0 saturated carbocycles. The quantitative estimate of drug-likeness (QED) is 0.548. The number of nitrogens with zero attached hydrogens (tertiary/aromatic N) is 4. The smallest absolute Gasteiger partial charge is 0.275 e. The van der Waals surface area contributed by atoms with Gasteiger partial charge in [-0.15, -0.1) is 0 Å². The molecule has 1 aromatic carbocycles. The van der Waals surface area contributed by atoms with Gasteiger partial charge in [0.2, 0.25) is 4.77 Å². The number of tetrazole rings is 1. The summed E-state index contributed by atoms with van der Waals surface area (Å²) >= 11 is 5.62. The molecule has 0 aliphatic carbocycles. The number of amides is 1. The molecule has 1 aliphatic heterocycles. The molecule has 3 rings (SSSR count). The number of carbonyl (C=O) groups is 1. The minimum atomic E-state index is -0.179. The zero-order chi connectivity index (χ0) is 21.2. The number of aryl methyl sites for hydroxylation is 2. The number of rotatable bonds is 5. The van der Waals surface area contributed by atoms with Gasteiger partial charge in [0.05, 0.1) is 5.69 Å². The summed E-state index contributed by atoms with van der Waals surface area (Å²) < 4.78 is 4.15. The van der Waals surface area contributed by atoms with E-state index < -0.39 is 0 Å². The summed E-state index contributed by atoms with van der Waals surface area (Å²) in [6.45, 7) is 15.3. The van der Waals surface area contributed by atoms with Crippen molar-refractivity contribution >= 4 is 18.1 Å². The van der Waals surface area contributed by atoms with Crippen LogP contribution in [0.2, 0.25) is 0 Å². The molecule has 0 radical (unpaired) electrons. The lowest BCUT2D eigenvalue weighted by Crippen LogP contribution is -3.28. The topological polar surface area (TPSA) is 73.6 Å². The first-order chi connectivity index (χ1) is 13.6. The van der Waals surface area contributed by atoms with E-state index in [1.165, 1.54) is 20.9 Å². The Bertz CT molecular complexity index is 899. The maximum Gasteiger partial charge on any atom is 0.275 e. The van der Waals surface area contributed by atoms with Crippen molar-refractivity contribution in [2.24, 2.45) is 0 Å². The fourth-order valence-electron chi connectivity index (χ4n) is 3.80. The molecule has 2 heterocycles. The van der Waals surface area contributed by atoms with Gasteiger partial charge in [-0.2, -0.15) is 9.36 Å². The van der Waals surface area contributed by atoms with Crippen molar-refractivity contribution in [2.75, 3.05) is 32.7 Å². The third-order valence-corrected chi connectivity index (χ3v) is 5.44. The van der Waals surface area contributed by atoms with Crippen LogP contribution in [0.15, 0.2) is 18.2 Å². The number of quaternary nitrogens is 2. The summed E-state index contributed by atoms with van der Waals surface area (Å²) in [5, 5.41) is 11.6. The Morgan fingerprint density at radius 1 is 1.07 bits per heavy atom. The van der Waals surface area contributed by atoms with Crippen LogP contribution in [-0.4, -0.2) is 64.0 Å². The number of aromatic nitrogens is 4. The van der Waals surface area contributed by atoms with Gasteiger partial charge in [-0.1, -0.05) is 6.07 Å². The second-order valence-electron chi connectivity index (χ2n) is 9.15. The predicted octanol–water partition coefficient (Wildman–Crippen LogP) is -0.929. The van der Waals surface area contributed by atoms with E-state index in [9.17, 15) is 4.79 Å².